The van der Waals surface area contributed by atoms with Gasteiger partial charge >= 0.3 is 0 Å². The molecule has 9 aromatic carbocycles. The maximum absolute atomic E-state index is 5.46. The largest absolute Gasteiger partial charge is 0.208 e. The molecule has 4 fully saturated rings. The van der Waals surface area contributed by atoms with E-state index in [0.717, 1.165) is 39.7 Å². The third-order valence-electron chi connectivity index (χ3n) is 17.0. The Labute approximate surface area is 417 Å². The zero-order valence-electron chi connectivity index (χ0n) is 39.7. The highest BCUT2D eigenvalue weighted by Crippen LogP contribution is 2.70. The summed E-state index contributed by atoms with van der Waals surface area (Å²) >= 11 is 0. The van der Waals surface area contributed by atoms with Crippen LogP contribution in [0, 0.1) is 23.7 Å². The molecule has 5 aliphatic rings. The van der Waals surface area contributed by atoms with E-state index in [1.54, 1.807) is 0 Å². The Kier molecular flexibility index (Phi) is 9.95. The van der Waals surface area contributed by atoms with Gasteiger partial charge in [-0.15, -0.1) is 0 Å². The van der Waals surface area contributed by atoms with E-state index >= 15 is 0 Å². The van der Waals surface area contributed by atoms with E-state index in [4.69, 9.17) is 15.0 Å². The molecule has 15 rings (SSSR count). The number of benzene rings is 9. The summed E-state index contributed by atoms with van der Waals surface area (Å²) in [7, 11) is 0. The molecule has 0 aliphatic heterocycles. The minimum atomic E-state index is -0.517. The monoisotopic (exact) mass is 911 g/mol. The Morgan fingerprint density at radius 3 is 1.11 bits per heavy atom. The zero-order chi connectivity index (χ0) is 46.9. The van der Waals surface area contributed by atoms with E-state index in [0.29, 0.717) is 29.3 Å². The standard InChI is InChI=1S/C68H53N3/c1-6-18-47(19-7-1)53-41-54(48-20-8-2-9-21-48)43-55(42-53)49-30-32-51(33-31-49)65-69-64(50-22-10-3-11-23-50)70-66(71-65)52-34-35-62-63(44-52)68(58-37-45-36-46(39-58)40-59(68)38-45)61-29-17-16-28-60(61)67(62,56-24-12-4-13-25-56)57-26-14-5-15-27-57/h1-35,41-46,58-59H,36-40H2. The van der Waals surface area contributed by atoms with Crippen LogP contribution in [0.15, 0.2) is 237 Å². The summed E-state index contributed by atoms with van der Waals surface area (Å²) < 4.78 is 0. The van der Waals surface area contributed by atoms with Gasteiger partial charge in [0.05, 0.1) is 5.41 Å². The van der Waals surface area contributed by atoms with E-state index in [1.807, 2.05) is 0 Å². The molecule has 71 heavy (non-hydrogen) atoms. The van der Waals surface area contributed by atoms with Gasteiger partial charge in [-0.05, 0) is 147 Å². The van der Waals surface area contributed by atoms with Crippen LogP contribution in [-0.2, 0) is 10.8 Å². The Hall–Kier alpha value is -8.01. The summed E-state index contributed by atoms with van der Waals surface area (Å²) in [5.41, 5.74) is 17.8. The van der Waals surface area contributed by atoms with Crippen LogP contribution in [0.2, 0.25) is 0 Å². The van der Waals surface area contributed by atoms with E-state index < -0.39 is 5.41 Å². The van der Waals surface area contributed by atoms with Gasteiger partial charge < -0.3 is 0 Å². The van der Waals surface area contributed by atoms with Gasteiger partial charge in [-0.25, -0.2) is 15.0 Å². The number of hydrogen-bond donors (Lipinski definition) is 0. The molecule has 0 radical (unpaired) electrons. The van der Waals surface area contributed by atoms with Gasteiger partial charge in [-0.1, -0.05) is 212 Å². The molecule has 340 valence electrons. The van der Waals surface area contributed by atoms with Crippen LogP contribution < -0.4 is 0 Å². The summed E-state index contributed by atoms with van der Waals surface area (Å²) in [5, 5.41) is 0. The molecule has 4 saturated carbocycles. The lowest BCUT2D eigenvalue weighted by Gasteiger charge is -2.65. The lowest BCUT2D eigenvalue weighted by atomic mass is 9.38. The summed E-state index contributed by atoms with van der Waals surface area (Å²) in [4.78, 5) is 16.1. The lowest BCUT2D eigenvalue weighted by molar-refractivity contribution is -0.0440. The van der Waals surface area contributed by atoms with Crippen molar-refractivity contribution in [3.63, 3.8) is 0 Å². The van der Waals surface area contributed by atoms with E-state index in [-0.39, 0.29) is 5.41 Å². The Balaban J connectivity index is 0.952. The van der Waals surface area contributed by atoms with Crippen molar-refractivity contribution in [1.29, 1.82) is 0 Å². The molecule has 0 atom stereocenters. The van der Waals surface area contributed by atoms with Crippen molar-refractivity contribution in [3.8, 4) is 67.5 Å². The molecule has 0 N–H and O–H groups in total. The van der Waals surface area contributed by atoms with Crippen LogP contribution in [0.1, 0.15) is 65.5 Å². The van der Waals surface area contributed by atoms with Crippen LogP contribution in [0.4, 0.5) is 0 Å². The van der Waals surface area contributed by atoms with Gasteiger partial charge in [0.2, 0.25) is 0 Å². The topological polar surface area (TPSA) is 38.7 Å². The highest BCUT2D eigenvalue weighted by atomic mass is 15.0. The molecule has 4 bridgehead atoms. The van der Waals surface area contributed by atoms with Gasteiger partial charge in [-0.2, -0.15) is 0 Å². The quantitative estimate of drug-likeness (QED) is 0.152. The molecular formula is C68H53N3. The maximum Gasteiger partial charge on any atom is 0.164 e. The van der Waals surface area contributed by atoms with Crippen molar-refractivity contribution in [2.45, 2.75) is 42.9 Å². The number of nitrogens with zero attached hydrogens (tertiary/aromatic N) is 3. The Morgan fingerprint density at radius 1 is 0.268 bits per heavy atom. The minimum Gasteiger partial charge on any atom is -0.208 e. The van der Waals surface area contributed by atoms with Crippen molar-refractivity contribution < 1.29 is 0 Å². The summed E-state index contributed by atoms with van der Waals surface area (Å²) in [6.07, 6.45) is 6.58. The van der Waals surface area contributed by atoms with E-state index in [1.165, 1.54) is 87.7 Å². The van der Waals surface area contributed by atoms with Crippen LogP contribution in [0.25, 0.3) is 67.5 Å². The molecule has 5 aliphatic carbocycles. The van der Waals surface area contributed by atoms with Gasteiger partial charge in [0.25, 0.3) is 0 Å². The molecule has 10 aromatic rings. The van der Waals surface area contributed by atoms with Crippen molar-refractivity contribution >= 4 is 0 Å². The predicted octanol–water partition coefficient (Wildman–Crippen LogP) is 16.3. The molecule has 0 saturated heterocycles. The normalized spacial score (nSPS) is 21.1. The molecular weight excluding hydrogens is 859 g/mol. The SMILES string of the molecule is c1ccc(-c2cc(-c3ccccc3)cc(-c3ccc(-c4nc(-c5ccccc5)nc(-c5ccc6c(c5)C5(c7ccccc7C6(c6ccccc6)c6ccccc6)C6CC7CC(C6)CC5C7)n4)cc3)c2)cc1. The molecule has 1 aromatic heterocycles. The smallest absolute Gasteiger partial charge is 0.164 e. The third kappa shape index (κ3) is 6.74. The second-order valence-corrected chi connectivity index (χ2v) is 20.7. The Morgan fingerprint density at radius 2 is 0.620 bits per heavy atom. The fraction of sp³-hybridized carbons (Fsp3) is 0.162. The van der Waals surface area contributed by atoms with Crippen molar-refractivity contribution in [2.24, 2.45) is 23.7 Å². The van der Waals surface area contributed by atoms with Gasteiger partial charge in [0.15, 0.2) is 17.5 Å². The van der Waals surface area contributed by atoms with E-state index in [9.17, 15) is 0 Å². The first kappa shape index (κ1) is 41.9. The average Bonchev–Trinajstić information content (AvgIpc) is 3.46. The fourth-order valence-electron chi connectivity index (χ4n) is 14.3. The summed E-state index contributed by atoms with van der Waals surface area (Å²) in [5.74, 6) is 4.83. The van der Waals surface area contributed by atoms with Gasteiger partial charge in [0.1, 0.15) is 0 Å². The number of fused-ring (bicyclic) bond motifs is 2. The molecule has 1 heterocycles. The second-order valence-electron chi connectivity index (χ2n) is 20.7. The lowest BCUT2D eigenvalue weighted by Crippen LogP contribution is -2.59. The van der Waals surface area contributed by atoms with Crippen LogP contribution >= 0.6 is 0 Å². The van der Waals surface area contributed by atoms with Crippen LogP contribution in [0.5, 0.6) is 0 Å². The Bertz CT molecular complexity index is 3450. The zero-order valence-corrected chi connectivity index (χ0v) is 39.7. The fourth-order valence-corrected chi connectivity index (χ4v) is 14.3. The first-order valence-electron chi connectivity index (χ1n) is 25.7. The summed E-state index contributed by atoms with van der Waals surface area (Å²) in [6.45, 7) is 0. The van der Waals surface area contributed by atoms with Gasteiger partial charge in [0, 0.05) is 22.1 Å². The maximum atomic E-state index is 5.46. The molecule has 3 nitrogen and oxygen atoms in total. The molecule has 0 amide bonds. The van der Waals surface area contributed by atoms with Crippen LogP contribution in [0.3, 0.4) is 0 Å². The van der Waals surface area contributed by atoms with Gasteiger partial charge in [-0.3, -0.25) is 0 Å². The van der Waals surface area contributed by atoms with Crippen molar-refractivity contribution in [3.05, 3.63) is 270 Å². The highest BCUT2D eigenvalue weighted by molar-refractivity contribution is 5.82. The number of aromatic nitrogens is 3. The number of rotatable bonds is 8. The van der Waals surface area contributed by atoms with Crippen LogP contribution in [-0.4, -0.2) is 15.0 Å². The predicted molar refractivity (Wildman–Crippen MR) is 289 cm³/mol. The second kappa shape index (κ2) is 16.8. The first-order valence-corrected chi connectivity index (χ1v) is 25.7. The molecule has 1 spiro atoms. The first-order chi connectivity index (χ1) is 35.1. The molecule has 0 unspecified atom stereocenters. The van der Waals surface area contributed by atoms with E-state index in [2.05, 4.69) is 237 Å². The molecule has 3 heteroatoms. The third-order valence-corrected chi connectivity index (χ3v) is 17.0. The average molecular weight is 912 g/mol. The number of hydrogen-bond acceptors (Lipinski definition) is 3. The highest BCUT2D eigenvalue weighted by Gasteiger charge is 2.63. The van der Waals surface area contributed by atoms with Crippen molar-refractivity contribution in [1.82, 2.24) is 15.0 Å². The summed E-state index contributed by atoms with van der Waals surface area (Å²) in [6, 6.07) is 87.0. The minimum absolute atomic E-state index is 0.117. The van der Waals surface area contributed by atoms with Crippen molar-refractivity contribution in [2.75, 3.05) is 0 Å².